The minimum absolute atomic E-state index is 0.121. The number of hydrogen-bond acceptors (Lipinski definition) is 3. The van der Waals surface area contributed by atoms with Crippen LogP contribution in [0.25, 0.3) is 0 Å². The van der Waals surface area contributed by atoms with Crippen molar-refractivity contribution >= 4 is 11.7 Å². The van der Waals surface area contributed by atoms with Crippen LogP contribution >= 0.6 is 0 Å². The third-order valence-electron chi connectivity index (χ3n) is 3.56. The number of carbonyl (C=O) groups is 1. The van der Waals surface area contributed by atoms with E-state index >= 15 is 0 Å². The molecule has 23 heavy (non-hydrogen) atoms. The number of aliphatic hydroxyl groups excluding tert-OH is 1. The molecule has 0 heterocycles. The molecule has 0 spiro atoms. The van der Waals surface area contributed by atoms with Crippen LogP contribution < -0.4 is 15.4 Å². The Balaban J connectivity index is 1.95. The Bertz CT molecular complexity index is 644. The van der Waals surface area contributed by atoms with Gasteiger partial charge in [-0.3, -0.25) is 0 Å². The van der Waals surface area contributed by atoms with E-state index in [2.05, 4.69) is 10.6 Å². The SMILES string of the molecule is COc1ccc(NC(=O)N[C@H](CO)Cc2ccccc2)c(C)c1. The number of anilines is 1. The summed E-state index contributed by atoms with van der Waals surface area (Å²) in [6.45, 7) is 1.77. The van der Waals surface area contributed by atoms with E-state index in [-0.39, 0.29) is 18.7 Å². The van der Waals surface area contributed by atoms with Gasteiger partial charge in [0, 0.05) is 5.69 Å². The molecular weight excluding hydrogens is 292 g/mol. The highest BCUT2D eigenvalue weighted by Gasteiger charge is 2.13. The Morgan fingerprint density at radius 3 is 2.57 bits per heavy atom. The third-order valence-corrected chi connectivity index (χ3v) is 3.56. The second kappa shape index (κ2) is 8.19. The Hall–Kier alpha value is -2.53. The normalized spacial score (nSPS) is 11.6. The summed E-state index contributed by atoms with van der Waals surface area (Å²) in [5.74, 6) is 0.741. The Labute approximate surface area is 136 Å². The summed E-state index contributed by atoms with van der Waals surface area (Å²) in [5, 5.41) is 15.0. The molecule has 0 aromatic heterocycles. The number of aryl methyl sites for hydroxylation is 1. The average Bonchev–Trinajstić information content (AvgIpc) is 2.57. The molecule has 0 aliphatic carbocycles. The van der Waals surface area contributed by atoms with Crippen molar-refractivity contribution in [3.63, 3.8) is 0 Å². The number of carbonyl (C=O) groups excluding carboxylic acids is 1. The maximum Gasteiger partial charge on any atom is 0.319 e. The first kappa shape index (κ1) is 16.8. The molecule has 0 aliphatic rings. The van der Waals surface area contributed by atoms with E-state index < -0.39 is 0 Å². The van der Waals surface area contributed by atoms with Gasteiger partial charge in [-0.2, -0.15) is 0 Å². The minimum atomic E-state index is -0.340. The minimum Gasteiger partial charge on any atom is -0.497 e. The Morgan fingerprint density at radius 1 is 1.22 bits per heavy atom. The number of benzene rings is 2. The number of aliphatic hydroxyl groups is 1. The first-order valence-electron chi connectivity index (χ1n) is 7.49. The zero-order chi connectivity index (χ0) is 16.7. The fraction of sp³-hybridized carbons (Fsp3) is 0.278. The first-order valence-corrected chi connectivity index (χ1v) is 7.49. The van der Waals surface area contributed by atoms with Gasteiger partial charge in [0.25, 0.3) is 0 Å². The van der Waals surface area contributed by atoms with Crippen LogP contribution in [-0.4, -0.2) is 30.9 Å². The third kappa shape index (κ3) is 5.00. The molecule has 0 saturated carbocycles. The summed E-state index contributed by atoms with van der Waals surface area (Å²) in [5.41, 5.74) is 2.68. The van der Waals surface area contributed by atoms with Gasteiger partial charge >= 0.3 is 6.03 Å². The summed E-state index contributed by atoms with van der Waals surface area (Å²) >= 11 is 0. The molecule has 2 rings (SSSR count). The van der Waals surface area contributed by atoms with Crippen LogP contribution in [0.3, 0.4) is 0 Å². The number of urea groups is 1. The smallest absolute Gasteiger partial charge is 0.319 e. The number of ether oxygens (including phenoxy) is 1. The summed E-state index contributed by atoms with van der Waals surface area (Å²) in [4.78, 5) is 12.1. The van der Waals surface area contributed by atoms with Crippen LogP contribution in [0.4, 0.5) is 10.5 Å². The van der Waals surface area contributed by atoms with Crippen LogP contribution in [0.15, 0.2) is 48.5 Å². The quantitative estimate of drug-likeness (QED) is 0.768. The zero-order valence-electron chi connectivity index (χ0n) is 13.4. The lowest BCUT2D eigenvalue weighted by Gasteiger charge is -2.18. The van der Waals surface area contributed by atoms with Crippen molar-refractivity contribution < 1.29 is 14.6 Å². The van der Waals surface area contributed by atoms with E-state index in [9.17, 15) is 9.90 Å². The predicted molar refractivity (Wildman–Crippen MR) is 90.9 cm³/mol. The van der Waals surface area contributed by atoms with Gasteiger partial charge in [0.1, 0.15) is 5.75 Å². The molecule has 0 radical (unpaired) electrons. The van der Waals surface area contributed by atoms with Gasteiger partial charge in [-0.1, -0.05) is 30.3 Å². The predicted octanol–water partition coefficient (Wildman–Crippen LogP) is 2.73. The van der Waals surface area contributed by atoms with Crippen LogP contribution in [0.5, 0.6) is 5.75 Å². The van der Waals surface area contributed by atoms with E-state index in [4.69, 9.17) is 4.74 Å². The topological polar surface area (TPSA) is 70.6 Å². The van der Waals surface area contributed by atoms with Gasteiger partial charge in [-0.15, -0.1) is 0 Å². The van der Waals surface area contributed by atoms with Crippen molar-refractivity contribution in [3.8, 4) is 5.75 Å². The van der Waals surface area contributed by atoms with Crippen LogP contribution in [-0.2, 0) is 6.42 Å². The van der Waals surface area contributed by atoms with Gasteiger partial charge in [0.2, 0.25) is 0 Å². The first-order chi connectivity index (χ1) is 11.1. The molecule has 0 bridgehead atoms. The molecule has 5 heteroatoms. The lowest BCUT2D eigenvalue weighted by Crippen LogP contribution is -2.41. The van der Waals surface area contributed by atoms with Gasteiger partial charge in [0.05, 0.1) is 19.8 Å². The molecule has 122 valence electrons. The number of methoxy groups -OCH3 is 1. The van der Waals surface area contributed by atoms with E-state index in [0.717, 1.165) is 16.9 Å². The fourth-order valence-electron chi connectivity index (χ4n) is 2.31. The number of amides is 2. The molecule has 0 aliphatic heterocycles. The second-order valence-electron chi connectivity index (χ2n) is 5.35. The van der Waals surface area contributed by atoms with Crippen LogP contribution in [0, 0.1) is 6.92 Å². The summed E-state index contributed by atoms with van der Waals surface area (Å²) in [6, 6.07) is 14.5. The summed E-state index contributed by atoms with van der Waals surface area (Å²) < 4.78 is 5.14. The van der Waals surface area contributed by atoms with E-state index in [1.807, 2.05) is 43.3 Å². The summed E-state index contributed by atoms with van der Waals surface area (Å²) in [6.07, 6.45) is 0.576. The standard InChI is InChI=1S/C18H22N2O3/c1-13-10-16(23-2)8-9-17(13)20-18(22)19-15(12-21)11-14-6-4-3-5-7-14/h3-10,15,21H,11-12H2,1-2H3,(H2,19,20,22)/t15-/m0/s1. The van der Waals surface area contributed by atoms with Crippen molar-refractivity contribution in [2.24, 2.45) is 0 Å². The largest absolute Gasteiger partial charge is 0.497 e. The van der Waals surface area contributed by atoms with Gasteiger partial charge in [-0.25, -0.2) is 4.79 Å². The lowest BCUT2D eigenvalue weighted by molar-refractivity contribution is 0.224. The Morgan fingerprint density at radius 2 is 1.96 bits per heavy atom. The zero-order valence-corrected chi connectivity index (χ0v) is 13.4. The van der Waals surface area contributed by atoms with Crippen LogP contribution in [0.1, 0.15) is 11.1 Å². The summed E-state index contributed by atoms with van der Waals surface area (Å²) in [7, 11) is 1.60. The van der Waals surface area contributed by atoms with Crippen molar-refractivity contribution in [1.29, 1.82) is 0 Å². The maximum absolute atomic E-state index is 12.1. The Kier molecular flexibility index (Phi) is 6.00. The molecule has 1 atom stereocenters. The van der Waals surface area contributed by atoms with Crippen molar-refractivity contribution in [2.45, 2.75) is 19.4 Å². The van der Waals surface area contributed by atoms with Crippen molar-refractivity contribution in [2.75, 3.05) is 19.0 Å². The molecule has 5 nitrogen and oxygen atoms in total. The molecule has 3 N–H and O–H groups in total. The second-order valence-corrected chi connectivity index (χ2v) is 5.35. The maximum atomic E-state index is 12.1. The molecule has 0 fully saturated rings. The highest BCUT2D eigenvalue weighted by molar-refractivity contribution is 5.90. The molecule has 2 aromatic carbocycles. The van der Waals surface area contributed by atoms with Gasteiger partial charge in [-0.05, 0) is 42.7 Å². The van der Waals surface area contributed by atoms with Crippen molar-refractivity contribution in [3.05, 3.63) is 59.7 Å². The molecule has 2 aromatic rings. The van der Waals surface area contributed by atoms with E-state index in [1.54, 1.807) is 19.2 Å². The van der Waals surface area contributed by atoms with Gasteiger partial charge < -0.3 is 20.5 Å². The van der Waals surface area contributed by atoms with E-state index in [1.165, 1.54) is 0 Å². The number of nitrogens with one attached hydrogen (secondary N) is 2. The lowest BCUT2D eigenvalue weighted by atomic mass is 10.1. The highest BCUT2D eigenvalue weighted by Crippen LogP contribution is 2.20. The fourth-order valence-corrected chi connectivity index (χ4v) is 2.31. The monoisotopic (exact) mass is 314 g/mol. The highest BCUT2D eigenvalue weighted by atomic mass is 16.5. The van der Waals surface area contributed by atoms with Gasteiger partial charge in [0.15, 0.2) is 0 Å². The average molecular weight is 314 g/mol. The number of hydrogen-bond donors (Lipinski definition) is 3. The van der Waals surface area contributed by atoms with Crippen molar-refractivity contribution in [1.82, 2.24) is 5.32 Å². The molecular formula is C18H22N2O3. The van der Waals surface area contributed by atoms with E-state index in [0.29, 0.717) is 12.1 Å². The molecule has 0 unspecified atom stereocenters. The molecule has 2 amide bonds. The van der Waals surface area contributed by atoms with Crippen LogP contribution in [0.2, 0.25) is 0 Å². The number of rotatable bonds is 6. The molecule has 0 saturated heterocycles.